The fraction of sp³-hybridized carbons (Fsp3) is 0.500. The van der Waals surface area contributed by atoms with Crippen LogP contribution in [0.5, 0.6) is 5.75 Å². The lowest BCUT2D eigenvalue weighted by molar-refractivity contribution is -0.127. The highest BCUT2D eigenvalue weighted by atomic mass is 35.5. The third kappa shape index (κ3) is 3.19. The number of hydrogen-bond acceptors (Lipinski definition) is 3. The van der Waals surface area contributed by atoms with Gasteiger partial charge in [-0.05, 0) is 25.5 Å². The Bertz CT molecular complexity index is 465. The summed E-state index contributed by atoms with van der Waals surface area (Å²) >= 11 is 5.91. The van der Waals surface area contributed by atoms with Gasteiger partial charge in [-0.25, -0.2) is 0 Å². The van der Waals surface area contributed by atoms with Crippen LogP contribution in [0.1, 0.15) is 24.8 Å². The van der Waals surface area contributed by atoms with E-state index in [1.165, 1.54) is 0 Å². The number of carbonyl (C=O) groups is 1. The molecule has 1 saturated heterocycles. The van der Waals surface area contributed by atoms with Gasteiger partial charge in [-0.15, -0.1) is 0 Å². The molecule has 1 unspecified atom stereocenters. The number of phenols is 1. The van der Waals surface area contributed by atoms with Crippen molar-refractivity contribution >= 4 is 17.5 Å². The van der Waals surface area contributed by atoms with E-state index in [-0.39, 0.29) is 17.7 Å². The number of benzene rings is 1. The fourth-order valence-electron chi connectivity index (χ4n) is 2.55. The van der Waals surface area contributed by atoms with Gasteiger partial charge in [0.1, 0.15) is 5.75 Å². The van der Waals surface area contributed by atoms with Crippen molar-refractivity contribution in [3.05, 3.63) is 28.8 Å². The number of amides is 1. The van der Waals surface area contributed by atoms with E-state index in [1.54, 1.807) is 13.1 Å². The van der Waals surface area contributed by atoms with Gasteiger partial charge in [-0.2, -0.15) is 0 Å². The molecule has 1 heterocycles. The SMILES string of the molecule is CNC(=O)C1CCCCN1Cc1cccc(Cl)c1O. The highest BCUT2D eigenvalue weighted by molar-refractivity contribution is 6.32. The molecule has 0 aliphatic carbocycles. The first-order chi connectivity index (χ1) is 9.13. The summed E-state index contributed by atoms with van der Waals surface area (Å²) in [4.78, 5) is 14.0. The van der Waals surface area contributed by atoms with Crippen LogP contribution >= 0.6 is 11.6 Å². The highest BCUT2D eigenvalue weighted by Gasteiger charge is 2.28. The number of carbonyl (C=O) groups excluding carboxylic acids is 1. The van der Waals surface area contributed by atoms with Gasteiger partial charge < -0.3 is 10.4 Å². The van der Waals surface area contributed by atoms with Crippen molar-refractivity contribution in [2.45, 2.75) is 31.8 Å². The predicted molar refractivity (Wildman–Crippen MR) is 75.2 cm³/mol. The molecule has 19 heavy (non-hydrogen) atoms. The van der Waals surface area contributed by atoms with E-state index in [1.807, 2.05) is 12.1 Å². The molecule has 1 atom stereocenters. The Labute approximate surface area is 118 Å². The van der Waals surface area contributed by atoms with Gasteiger partial charge in [0.05, 0.1) is 11.1 Å². The maximum atomic E-state index is 11.9. The summed E-state index contributed by atoms with van der Waals surface area (Å²) in [6.45, 7) is 1.41. The molecule has 2 N–H and O–H groups in total. The number of rotatable bonds is 3. The minimum Gasteiger partial charge on any atom is -0.506 e. The van der Waals surface area contributed by atoms with Crippen molar-refractivity contribution in [1.29, 1.82) is 0 Å². The van der Waals surface area contributed by atoms with E-state index in [4.69, 9.17) is 11.6 Å². The van der Waals surface area contributed by atoms with E-state index in [0.717, 1.165) is 31.4 Å². The second-order valence-corrected chi connectivity index (χ2v) is 5.25. The Hall–Kier alpha value is -1.26. The van der Waals surface area contributed by atoms with Crippen LogP contribution in [0.3, 0.4) is 0 Å². The zero-order valence-corrected chi connectivity index (χ0v) is 11.8. The molecule has 4 nitrogen and oxygen atoms in total. The predicted octanol–water partition coefficient (Wildman–Crippen LogP) is 2.15. The summed E-state index contributed by atoms with van der Waals surface area (Å²) in [6, 6.07) is 5.21. The van der Waals surface area contributed by atoms with Crippen molar-refractivity contribution in [3.63, 3.8) is 0 Å². The van der Waals surface area contributed by atoms with Crippen molar-refractivity contribution < 1.29 is 9.90 Å². The number of nitrogens with zero attached hydrogens (tertiary/aromatic N) is 1. The molecular formula is C14H19ClN2O2. The largest absolute Gasteiger partial charge is 0.506 e. The van der Waals surface area contributed by atoms with Gasteiger partial charge >= 0.3 is 0 Å². The van der Waals surface area contributed by atoms with Crippen molar-refractivity contribution in [1.82, 2.24) is 10.2 Å². The molecule has 1 amide bonds. The molecule has 0 aromatic heterocycles. The number of likely N-dealkylation sites (N-methyl/N-ethyl adjacent to an activating group) is 1. The Morgan fingerprint density at radius 3 is 3.05 bits per heavy atom. The van der Waals surface area contributed by atoms with Gasteiger partial charge in [0.25, 0.3) is 0 Å². The number of halogens is 1. The number of likely N-dealkylation sites (tertiary alicyclic amines) is 1. The monoisotopic (exact) mass is 282 g/mol. The lowest BCUT2D eigenvalue weighted by Crippen LogP contribution is -2.48. The van der Waals surface area contributed by atoms with E-state index >= 15 is 0 Å². The second kappa shape index (κ2) is 6.26. The summed E-state index contributed by atoms with van der Waals surface area (Å²) in [5.74, 6) is 0.159. The standard InChI is InChI=1S/C14H19ClN2O2/c1-16-14(19)12-7-2-3-8-17(12)9-10-5-4-6-11(15)13(10)18/h4-6,12,18H,2-3,7-9H2,1H3,(H,16,19). The molecule has 1 aliphatic rings. The van der Waals surface area contributed by atoms with Crippen LogP contribution in [0.15, 0.2) is 18.2 Å². The maximum Gasteiger partial charge on any atom is 0.237 e. The first-order valence-corrected chi connectivity index (χ1v) is 6.93. The molecule has 2 rings (SSSR count). The zero-order valence-electron chi connectivity index (χ0n) is 11.0. The number of hydrogen-bond donors (Lipinski definition) is 2. The molecule has 0 bridgehead atoms. The summed E-state index contributed by atoms with van der Waals surface area (Å²) in [5.41, 5.74) is 0.767. The van der Waals surface area contributed by atoms with Gasteiger partial charge in [-0.3, -0.25) is 9.69 Å². The number of phenolic OH excluding ortho intramolecular Hbond substituents is 1. The molecule has 1 aromatic carbocycles. The first kappa shape index (κ1) is 14.2. The average molecular weight is 283 g/mol. The molecule has 0 spiro atoms. The van der Waals surface area contributed by atoms with Crippen LogP contribution in [0.2, 0.25) is 5.02 Å². The maximum absolute atomic E-state index is 11.9. The van der Waals surface area contributed by atoms with Gasteiger partial charge in [0, 0.05) is 19.2 Å². The van der Waals surface area contributed by atoms with E-state index < -0.39 is 0 Å². The number of piperidine rings is 1. The van der Waals surface area contributed by atoms with Crippen LogP contribution in [-0.2, 0) is 11.3 Å². The van der Waals surface area contributed by atoms with E-state index in [0.29, 0.717) is 11.6 Å². The molecular weight excluding hydrogens is 264 g/mol. The molecule has 5 heteroatoms. The van der Waals surface area contributed by atoms with Crippen LogP contribution in [0.25, 0.3) is 0 Å². The first-order valence-electron chi connectivity index (χ1n) is 6.55. The molecule has 1 aliphatic heterocycles. The van der Waals surface area contributed by atoms with E-state index in [9.17, 15) is 9.90 Å². The van der Waals surface area contributed by atoms with Crippen LogP contribution in [0, 0.1) is 0 Å². The minimum atomic E-state index is -0.114. The van der Waals surface area contributed by atoms with E-state index in [2.05, 4.69) is 10.2 Å². The highest BCUT2D eigenvalue weighted by Crippen LogP contribution is 2.29. The molecule has 1 aromatic rings. The summed E-state index contributed by atoms with van der Waals surface area (Å²) in [5, 5.41) is 13.0. The number of nitrogens with one attached hydrogen (secondary N) is 1. The van der Waals surface area contributed by atoms with Crippen molar-refractivity contribution in [2.75, 3.05) is 13.6 Å². The summed E-state index contributed by atoms with van der Waals surface area (Å²) in [6.07, 6.45) is 3.01. The smallest absolute Gasteiger partial charge is 0.237 e. The quantitative estimate of drug-likeness (QED) is 0.893. The lowest BCUT2D eigenvalue weighted by Gasteiger charge is -2.34. The normalized spacial score (nSPS) is 20.2. The average Bonchev–Trinajstić information content (AvgIpc) is 2.43. The Kier molecular flexibility index (Phi) is 4.66. The second-order valence-electron chi connectivity index (χ2n) is 4.84. The molecule has 0 radical (unpaired) electrons. The third-order valence-electron chi connectivity index (χ3n) is 3.61. The summed E-state index contributed by atoms with van der Waals surface area (Å²) in [7, 11) is 1.66. The van der Waals surface area contributed by atoms with Crippen molar-refractivity contribution in [2.24, 2.45) is 0 Å². The third-order valence-corrected chi connectivity index (χ3v) is 3.91. The van der Waals surface area contributed by atoms with Crippen molar-refractivity contribution in [3.8, 4) is 5.75 Å². The number of para-hydroxylation sites is 1. The van der Waals surface area contributed by atoms with Crippen LogP contribution in [0.4, 0.5) is 0 Å². The Morgan fingerprint density at radius 1 is 1.53 bits per heavy atom. The van der Waals surface area contributed by atoms with Gasteiger partial charge in [-0.1, -0.05) is 30.2 Å². The fourth-order valence-corrected chi connectivity index (χ4v) is 2.74. The Balaban J connectivity index is 2.15. The van der Waals surface area contributed by atoms with Gasteiger partial charge in [0.15, 0.2) is 0 Å². The van der Waals surface area contributed by atoms with Crippen LogP contribution < -0.4 is 5.32 Å². The topological polar surface area (TPSA) is 52.6 Å². The molecule has 104 valence electrons. The Morgan fingerprint density at radius 2 is 2.32 bits per heavy atom. The minimum absolute atomic E-state index is 0.0428. The van der Waals surface area contributed by atoms with Crippen LogP contribution in [-0.4, -0.2) is 35.5 Å². The zero-order chi connectivity index (χ0) is 13.8. The number of aromatic hydroxyl groups is 1. The molecule has 1 fully saturated rings. The van der Waals surface area contributed by atoms with Gasteiger partial charge in [0.2, 0.25) is 5.91 Å². The molecule has 0 saturated carbocycles. The lowest BCUT2D eigenvalue weighted by atomic mass is 10.0. The summed E-state index contributed by atoms with van der Waals surface area (Å²) < 4.78 is 0.